The molecule has 9 heavy (non-hydrogen) atoms. The maximum Gasteiger partial charge on any atom is 0.108 e. The van der Waals surface area contributed by atoms with Gasteiger partial charge in [0.2, 0.25) is 0 Å². The Bertz CT molecular complexity index is 205. The fourth-order valence-corrected chi connectivity index (χ4v) is 0.939. The molecular formula is C6H10N2S. The van der Waals surface area contributed by atoms with Gasteiger partial charge in [-0.3, -0.25) is 0 Å². The smallest absolute Gasteiger partial charge is 0.108 e. The van der Waals surface area contributed by atoms with Crippen LogP contribution in [0.2, 0.25) is 0 Å². The molecule has 50 valence electrons. The van der Waals surface area contributed by atoms with Crippen LogP contribution >= 0.6 is 12.6 Å². The average molecular weight is 142 g/mol. The molecule has 0 spiro atoms. The largest absolute Gasteiger partial charge is 0.327 e. The Morgan fingerprint density at radius 1 is 1.78 bits per heavy atom. The van der Waals surface area contributed by atoms with E-state index >= 15 is 0 Å². The van der Waals surface area contributed by atoms with Gasteiger partial charge >= 0.3 is 0 Å². The number of imidazole rings is 1. The molecule has 0 radical (unpaired) electrons. The number of rotatable bonds is 1. The summed E-state index contributed by atoms with van der Waals surface area (Å²) < 4.78 is 1.98. The summed E-state index contributed by atoms with van der Waals surface area (Å²) in [5.74, 6) is 1.08. The van der Waals surface area contributed by atoms with Gasteiger partial charge in [0, 0.05) is 13.5 Å². The molecule has 0 fully saturated rings. The van der Waals surface area contributed by atoms with Crippen molar-refractivity contribution in [3.05, 3.63) is 12.0 Å². The van der Waals surface area contributed by atoms with Gasteiger partial charge in [-0.25, -0.2) is 4.98 Å². The molecule has 0 amide bonds. The third-order valence-corrected chi connectivity index (χ3v) is 1.79. The zero-order valence-electron chi connectivity index (χ0n) is 5.63. The SMILES string of the molecule is CCc1ncc(S)n1C. The molecule has 0 saturated carbocycles. The third kappa shape index (κ3) is 1.10. The second-order valence-corrected chi connectivity index (χ2v) is 2.40. The van der Waals surface area contributed by atoms with Crippen LogP contribution < -0.4 is 0 Å². The number of thiol groups is 1. The Morgan fingerprint density at radius 3 is 2.67 bits per heavy atom. The molecule has 1 aromatic heterocycles. The van der Waals surface area contributed by atoms with Crippen LogP contribution in [0.15, 0.2) is 11.2 Å². The molecule has 0 aliphatic heterocycles. The number of hydrogen-bond acceptors (Lipinski definition) is 2. The molecule has 0 unspecified atom stereocenters. The van der Waals surface area contributed by atoms with E-state index in [9.17, 15) is 0 Å². The molecular weight excluding hydrogens is 132 g/mol. The molecule has 1 aromatic rings. The van der Waals surface area contributed by atoms with Crippen LogP contribution in [0.4, 0.5) is 0 Å². The van der Waals surface area contributed by atoms with Crippen LogP contribution in [0.25, 0.3) is 0 Å². The molecule has 0 saturated heterocycles. The molecule has 0 atom stereocenters. The van der Waals surface area contributed by atoms with Gasteiger partial charge in [0.25, 0.3) is 0 Å². The van der Waals surface area contributed by atoms with Crippen molar-refractivity contribution in [3.63, 3.8) is 0 Å². The van der Waals surface area contributed by atoms with Crippen LogP contribution in [0.5, 0.6) is 0 Å². The topological polar surface area (TPSA) is 17.8 Å². The lowest BCUT2D eigenvalue weighted by Gasteiger charge is -1.96. The van der Waals surface area contributed by atoms with Gasteiger partial charge in [0.05, 0.1) is 11.2 Å². The van der Waals surface area contributed by atoms with Crippen molar-refractivity contribution >= 4 is 12.6 Å². The maximum atomic E-state index is 4.17. The molecule has 3 heteroatoms. The lowest BCUT2D eigenvalue weighted by atomic mass is 10.5. The molecule has 2 nitrogen and oxygen atoms in total. The quantitative estimate of drug-likeness (QED) is 0.585. The van der Waals surface area contributed by atoms with Gasteiger partial charge in [-0.2, -0.15) is 0 Å². The Kier molecular flexibility index (Phi) is 1.81. The molecule has 0 N–H and O–H groups in total. The molecule has 1 rings (SSSR count). The average Bonchev–Trinajstić information content (AvgIpc) is 2.15. The number of nitrogens with zero attached hydrogens (tertiary/aromatic N) is 2. The first-order chi connectivity index (χ1) is 4.25. The van der Waals surface area contributed by atoms with E-state index in [0.29, 0.717) is 0 Å². The molecule has 0 aliphatic rings. The second kappa shape index (κ2) is 2.43. The number of aromatic nitrogens is 2. The predicted molar refractivity (Wildman–Crippen MR) is 39.8 cm³/mol. The Morgan fingerprint density at radius 2 is 2.44 bits per heavy atom. The van der Waals surface area contributed by atoms with E-state index in [-0.39, 0.29) is 0 Å². The lowest BCUT2D eigenvalue weighted by molar-refractivity contribution is 0.753. The van der Waals surface area contributed by atoms with Crippen LogP contribution in [-0.4, -0.2) is 9.55 Å². The highest BCUT2D eigenvalue weighted by Gasteiger charge is 1.97. The maximum absolute atomic E-state index is 4.17. The van der Waals surface area contributed by atoms with Gasteiger partial charge in [0.1, 0.15) is 5.82 Å². The van der Waals surface area contributed by atoms with Crippen molar-refractivity contribution in [1.29, 1.82) is 0 Å². The summed E-state index contributed by atoms with van der Waals surface area (Å²) in [5, 5.41) is 0.923. The van der Waals surface area contributed by atoms with E-state index in [2.05, 4.69) is 24.5 Å². The summed E-state index contributed by atoms with van der Waals surface area (Å²) in [6.45, 7) is 2.08. The highest BCUT2D eigenvalue weighted by Crippen LogP contribution is 2.06. The fourth-order valence-electron chi connectivity index (χ4n) is 0.766. The van der Waals surface area contributed by atoms with Gasteiger partial charge in [-0.1, -0.05) is 6.92 Å². The van der Waals surface area contributed by atoms with Gasteiger partial charge in [-0.05, 0) is 0 Å². The van der Waals surface area contributed by atoms with E-state index in [0.717, 1.165) is 17.3 Å². The van der Waals surface area contributed by atoms with E-state index in [1.165, 1.54) is 0 Å². The number of aryl methyl sites for hydroxylation is 1. The monoisotopic (exact) mass is 142 g/mol. The Labute approximate surface area is 60.3 Å². The van der Waals surface area contributed by atoms with Crippen molar-refractivity contribution in [2.24, 2.45) is 7.05 Å². The van der Waals surface area contributed by atoms with Crippen molar-refractivity contribution < 1.29 is 0 Å². The minimum absolute atomic E-state index is 0.923. The summed E-state index contributed by atoms with van der Waals surface area (Å²) in [5.41, 5.74) is 0. The van der Waals surface area contributed by atoms with E-state index in [4.69, 9.17) is 0 Å². The first-order valence-electron chi connectivity index (χ1n) is 2.95. The summed E-state index contributed by atoms with van der Waals surface area (Å²) in [7, 11) is 1.97. The first kappa shape index (κ1) is 6.68. The highest BCUT2D eigenvalue weighted by atomic mass is 32.1. The van der Waals surface area contributed by atoms with Crippen LogP contribution in [0.1, 0.15) is 12.7 Å². The zero-order valence-corrected chi connectivity index (χ0v) is 6.52. The minimum atomic E-state index is 0.923. The van der Waals surface area contributed by atoms with Gasteiger partial charge in [0.15, 0.2) is 0 Å². The Hall–Kier alpha value is -0.440. The van der Waals surface area contributed by atoms with Gasteiger partial charge in [-0.15, -0.1) is 12.6 Å². The van der Waals surface area contributed by atoms with Crippen molar-refractivity contribution in [1.82, 2.24) is 9.55 Å². The van der Waals surface area contributed by atoms with Gasteiger partial charge < -0.3 is 4.57 Å². The highest BCUT2D eigenvalue weighted by molar-refractivity contribution is 7.80. The summed E-state index contributed by atoms with van der Waals surface area (Å²) in [4.78, 5) is 4.12. The second-order valence-electron chi connectivity index (χ2n) is 1.95. The normalized spacial score (nSPS) is 10.1. The van der Waals surface area contributed by atoms with Crippen LogP contribution in [0.3, 0.4) is 0 Å². The molecule has 0 bridgehead atoms. The standard InChI is InChI=1S/C6H10N2S/c1-3-5-7-4-6(9)8(5)2/h4,9H,3H2,1-2H3. The molecule has 0 aliphatic carbocycles. The van der Waals surface area contributed by atoms with Crippen LogP contribution in [-0.2, 0) is 13.5 Å². The summed E-state index contributed by atoms with van der Waals surface area (Å²) in [6.07, 6.45) is 2.74. The van der Waals surface area contributed by atoms with Crippen molar-refractivity contribution in [2.75, 3.05) is 0 Å². The van der Waals surface area contributed by atoms with E-state index < -0.39 is 0 Å². The fraction of sp³-hybridized carbons (Fsp3) is 0.500. The minimum Gasteiger partial charge on any atom is -0.327 e. The summed E-state index contributed by atoms with van der Waals surface area (Å²) in [6, 6.07) is 0. The molecule has 0 aromatic carbocycles. The first-order valence-corrected chi connectivity index (χ1v) is 3.40. The van der Waals surface area contributed by atoms with Crippen LogP contribution in [0, 0.1) is 0 Å². The van der Waals surface area contributed by atoms with Crippen molar-refractivity contribution in [2.45, 2.75) is 18.4 Å². The Balaban J connectivity index is 3.04. The predicted octanol–water partition coefficient (Wildman–Crippen LogP) is 1.27. The molecule has 1 heterocycles. The number of hydrogen-bond donors (Lipinski definition) is 1. The van der Waals surface area contributed by atoms with E-state index in [1.807, 2.05) is 11.6 Å². The van der Waals surface area contributed by atoms with E-state index in [1.54, 1.807) is 6.20 Å². The lowest BCUT2D eigenvalue weighted by Crippen LogP contribution is -1.95. The van der Waals surface area contributed by atoms with Crippen molar-refractivity contribution in [3.8, 4) is 0 Å². The summed E-state index contributed by atoms with van der Waals surface area (Å²) >= 11 is 4.17. The zero-order chi connectivity index (χ0) is 6.85. The third-order valence-electron chi connectivity index (χ3n) is 1.38.